The van der Waals surface area contributed by atoms with Gasteiger partial charge in [-0.2, -0.15) is 0 Å². The summed E-state index contributed by atoms with van der Waals surface area (Å²) in [5.41, 5.74) is 2.10. The first kappa shape index (κ1) is 13.7. The van der Waals surface area contributed by atoms with Crippen LogP contribution in [0.25, 0.3) is 5.69 Å². The highest BCUT2D eigenvalue weighted by molar-refractivity contribution is 7.71. The van der Waals surface area contributed by atoms with E-state index in [-0.39, 0.29) is 0 Å². The van der Waals surface area contributed by atoms with E-state index < -0.39 is 0 Å². The molecule has 5 heteroatoms. The van der Waals surface area contributed by atoms with Crippen LogP contribution in [0.4, 0.5) is 0 Å². The largest absolute Gasteiger partial charge is 0.493 e. The van der Waals surface area contributed by atoms with Crippen molar-refractivity contribution in [2.75, 3.05) is 14.2 Å². The molecule has 2 aromatic rings. The van der Waals surface area contributed by atoms with Crippen molar-refractivity contribution in [3.63, 3.8) is 0 Å². The normalized spacial score (nSPS) is 10.8. The van der Waals surface area contributed by atoms with Crippen molar-refractivity contribution in [1.82, 2.24) is 9.55 Å². The number of ether oxygens (including phenoxy) is 2. The monoisotopic (exact) mass is 278 g/mol. The molecule has 2 rings (SSSR count). The van der Waals surface area contributed by atoms with E-state index in [1.54, 1.807) is 14.2 Å². The van der Waals surface area contributed by atoms with Gasteiger partial charge in [0.15, 0.2) is 16.3 Å². The van der Waals surface area contributed by atoms with Crippen LogP contribution in [0.3, 0.4) is 0 Å². The minimum atomic E-state index is 0.376. The Balaban J connectivity index is 2.59. The lowest BCUT2D eigenvalue weighted by atomic mass is 10.1. The second-order valence-corrected chi connectivity index (χ2v) is 4.93. The van der Waals surface area contributed by atoms with Gasteiger partial charge < -0.3 is 14.5 Å². The van der Waals surface area contributed by atoms with Gasteiger partial charge in [-0.25, -0.2) is 0 Å². The highest BCUT2D eigenvalue weighted by Crippen LogP contribution is 2.30. The average Bonchev–Trinajstić information content (AvgIpc) is 2.80. The van der Waals surface area contributed by atoms with Gasteiger partial charge in [0.05, 0.1) is 19.9 Å². The van der Waals surface area contributed by atoms with E-state index in [4.69, 9.17) is 21.7 Å². The van der Waals surface area contributed by atoms with Crippen LogP contribution in [0, 0.1) is 4.77 Å². The van der Waals surface area contributed by atoms with E-state index in [1.807, 2.05) is 29.0 Å². The number of hydrogen-bond acceptors (Lipinski definition) is 3. The summed E-state index contributed by atoms with van der Waals surface area (Å²) in [5.74, 6) is 1.78. The van der Waals surface area contributed by atoms with Crippen molar-refractivity contribution >= 4 is 12.2 Å². The van der Waals surface area contributed by atoms with Gasteiger partial charge in [-0.1, -0.05) is 13.8 Å². The summed E-state index contributed by atoms with van der Waals surface area (Å²) in [6.45, 7) is 4.27. The third-order valence-corrected chi connectivity index (χ3v) is 3.32. The maximum Gasteiger partial charge on any atom is 0.182 e. The molecule has 1 aromatic carbocycles. The number of aromatic nitrogens is 2. The van der Waals surface area contributed by atoms with Crippen LogP contribution in [0.2, 0.25) is 0 Å². The molecule has 0 saturated heterocycles. The van der Waals surface area contributed by atoms with Gasteiger partial charge in [0, 0.05) is 18.0 Å². The molecular formula is C14H18N2O2S. The molecule has 0 amide bonds. The minimum Gasteiger partial charge on any atom is -0.493 e. The Morgan fingerprint density at radius 3 is 2.42 bits per heavy atom. The molecule has 0 radical (unpaired) electrons. The molecule has 1 N–H and O–H groups in total. The first-order chi connectivity index (χ1) is 9.08. The zero-order valence-electron chi connectivity index (χ0n) is 11.6. The summed E-state index contributed by atoms with van der Waals surface area (Å²) in [7, 11) is 3.25. The van der Waals surface area contributed by atoms with Crippen LogP contribution in [0.5, 0.6) is 11.5 Å². The van der Waals surface area contributed by atoms with E-state index in [2.05, 4.69) is 18.8 Å². The van der Waals surface area contributed by atoms with Crippen molar-refractivity contribution in [3.05, 3.63) is 34.9 Å². The highest BCUT2D eigenvalue weighted by Gasteiger charge is 2.12. The van der Waals surface area contributed by atoms with Crippen molar-refractivity contribution in [1.29, 1.82) is 0 Å². The fourth-order valence-electron chi connectivity index (χ4n) is 2.04. The molecule has 0 aliphatic carbocycles. The number of nitrogens with zero attached hydrogens (tertiary/aromatic N) is 1. The molecular weight excluding hydrogens is 260 g/mol. The molecule has 0 spiro atoms. The van der Waals surface area contributed by atoms with Crippen molar-refractivity contribution in [3.8, 4) is 17.2 Å². The topological polar surface area (TPSA) is 39.2 Å². The van der Waals surface area contributed by atoms with Gasteiger partial charge in [0.2, 0.25) is 0 Å². The molecule has 0 fully saturated rings. The molecule has 0 aliphatic rings. The summed E-state index contributed by atoms with van der Waals surface area (Å²) in [5, 5.41) is 0. The first-order valence-electron chi connectivity index (χ1n) is 6.11. The second-order valence-electron chi connectivity index (χ2n) is 4.55. The summed E-state index contributed by atoms with van der Waals surface area (Å²) in [4.78, 5) is 3.09. The van der Waals surface area contributed by atoms with Crippen LogP contribution in [0.1, 0.15) is 25.5 Å². The van der Waals surface area contributed by atoms with E-state index in [0.29, 0.717) is 22.2 Å². The van der Waals surface area contributed by atoms with Crippen LogP contribution in [-0.4, -0.2) is 23.8 Å². The van der Waals surface area contributed by atoms with Gasteiger partial charge in [0.1, 0.15) is 0 Å². The Hall–Kier alpha value is -1.75. The molecule has 0 saturated carbocycles. The molecule has 1 heterocycles. The molecule has 0 aliphatic heterocycles. The SMILES string of the molecule is COc1ccc(-n2c(C(C)C)c[nH]c2=S)cc1OC. The standard InChI is InChI=1S/C14H18N2O2S/c1-9(2)11-8-15-14(19)16(11)10-5-6-12(17-3)13(7-10)18-4/h5-9H,1-4H3,(H,15,19). The molecule has 0 bridgehead atoms. The maximum absolute atomic E-state index is 5.35. The number of methoxy groups -OCH3 is 2. The summed E-state index contributed by atoms with van der Waals surface area (Å²) in [6.07, 6.45) is 1.95. The maximum atomic E-state index is 5.35. The second kappa shape index (κ2) is 5.48. The van der Waals surface area contributed by atoms with E-state index in [1.165, 1.54) is 0 Å². The lowest BCUT2D eigenvalue weighted by Gasteiger charge is -2.13. The number of rotatable bonds is 4. The van der Waals surface area contributed by atoms with Crippen molar-refractivity contribution in [2.24, 2.45) is 0 Å². The first-order valence-corrected chi connectivity index (χ1v) is 6.52. The number of H-pyrrole nitrogens is 1. The summed E-state index contributed by atoms with van der Waals surface area (Å²) in [6, 6.07) is 5.78. The summed E-state index contributed by atoms with van der Waals surface area (Å²) >= 11 is 5.35. The fraction of sp³-hybridized carbons (Fsp3) is 0.357. The highest BCUT2D eigenvalue weighted by atomic mass is 32.1. The Bertz CT molecular complexity index is 629. The van der Waals surface area contributed by atoms with E-state index in [9.17, 15) is 0 Å². The number of nitrogens with one attached hydrogen (secondary N) is 1. The third-order valence-electron chi connectivity index (χ3n) is 3.02. The van der Waals surface area contributed by atoms with Gasteiger partial charge >= 0.3 is 0 Å². The Kier molecular flexibility index (Phi) is 3.95. The Morgan fingerprint density at radius 1 is 1.16 bits per heavy atom. The Labute approximate surface area is 118 Å². The van der Waals surface area contributed by atoms with Gasteiger partial charge in [-0.3, -0.25) is 4.57 Å². The molecule has 1 aromatic heterocycles. The van der Waals surface area contributed by atoms with Crippen LogP contribution in [-0.2, 0) is 0 Å². The lowest BCUT2D eigenvalue weighted by Crippen LogP contribution is -2.02. The smallest absolute Gasteiger partial charge is 0.182 e. The zero-order chi connectivity index (χ0) is 14.0. The third kappa shape index (κ3) is 2.51. The van der Waals surface area contributed by atoms with Gasteiger partial charge in [-0.15, -0.1) is 0 Å². The van der Waals surface area contributed by atoms with Crippen molar-refractivity contribution < 1.29 is 9.47 Å². The fourth-order valence-corrected chi connectivity index (χ4v) is 2.31. The van der Waals surface area contributed by atoms with Crippen LogP contribution >= 0.6 is 12.2 Å². The predicted octanol–water partition coefficient (Wildman–Crippen LogP) is 3.68. The molecule has 0 unspecified atom stereocenters. The van der Waals surface area contributed by atoms with Crippen LogP contribution < -0.4 is 9.47 Å². The molecule has 4 nitrogen and oxygen atoms in total. The van der Waals surface area contributed by atoms with Crippen LogP contribution in [0.15, 0.2) is 24.4 Å². The number of imidazole rings is 1. The molecule has 0 atom stereocenters. The molecule has 102 valence electrons. The van der Waals surface area contributed by atoms with E-state index in [0.717, 1.165) is 11.4 Å². The number of benzene rings is 1. The quantitative estimate of drug-likeness (QED) is 0.867. The van der Waals surface area contributed by atoms with E-state index >= 15 is 0 Å². The number of hydrogen-bond donors (Lipinski definition) is 1. The van der Waals surface area contributed by atoms with Gasteiger partial charge in [0.25, 0.3) is 0 Å². The van der Waals surface area contributed by atoms with Crippen molar-refractivity contribution in [2.45, 2.75) is 19.8 Å². The minimum absolute atomic E-state index is 0.376. The lowest BCUT2D eigenvalue weighted by molar-refractivity contribution is 0.355. The molecule has 19 heavy (non-hydrogen) atoms. The zero-order valence-corrected chi connectivity index (χ0v) is 12.4. The van der Waals surface area contributed by atoms with Gasteiger partial charge in [-0.05, 0) is 30.3 Å². The average molecular weight is 278 g/mol. The summed E-state index contributed by atoms with van der Waals surface area (Å²) < 4.78 is 13.3. The Morgan fingerprint density at radius 2 is 1.84 bits per heavy atom. The predicted molar refractivity (Wildman–Crippen MR) is 78.1 cm³/mol. The number of aromatic amines is 1.